The van der Waals surface area contributed by atoms with Gasteiger partial charge >= 0.3 is 11.9 Å². The average Bonchev–Trinajstić information content (AvgIpc) is 2.59. The quantitative estimate of drug-likeness (QED) is 0.556. The molecule has 1 amide bonds. The van der Waals surface area contributed by atoms with Crippen molar-refractivity contribution in [3.63, 3.8) is 0 Å². The van der Waals surface area contributed by atoms with Gasteiger partial charge in [-0.15, -0.1) is 0 Å². The van der Waals surface area contributed by atoms with Crippen molar-refractivity contribution in [3.05, 3.63) is 61.1 Å². The molecule has 12 heteroatoms. The summed E-state index contributed by atoms with van der Waals surface area (Å²) in [5, 5.41) is 2.24. The van der Waals surface area contributed by atoms with Gasteiger partial charge in [-0.2, -0.15) is 13.2 Å². The molecule has 1 aromatic carbocycles. The first-order valence-corrected chi connectivity index (χ1v) is 8.62. The number of aromatic amines is 1. The maximum absolute atomic E-state index is 14.3. The molecule has 0 aliphatic carbocycles. The molecule has 0 aliphatic heterocycles. The van der Waals surface area contributed by atoms with Gasteiger partial charge in [0.2, 0.25) is 0 Å². The zero-order chi connectivity index (χ0) is 22.1. The van der Waals surface area contributed by atoms with Gasteiger partial charge in [-0.25, -0.2) is 13.8 Å². The average molecular weight is 437 g/mol. The minimum Gasteiger partial charge on any atom is -0.339 e. The number of hydrogen-bond donors (Lipinski definition) is 2. The molecule has 0 unspecified atom stereocenters. The van der Waals surface area contributed by atoms with E-state index in [0.29, 0.717) is 6.07 Å². The van der Waals surface area contributed by atoms with Crippen molar-refractivity contribution < 1.29 is 22.4 Å². The third-order valence-corrected chi connectivity index (χ3v) is 4.44. The molecule has 7 nitrogen and oxygen atoms in total. The number of alkyl halides is 3. The summed E-state index contributed by atoms with van der Waals surface area (Å²) in [6.07, 6.45) is -4.97. The number of benzene rings is 1. The molecular formula is C17H17ClF4N4O3. The molecule has 0 spiro atoms. The normalized spacial score (nSPS) is 11.9. The Balaban J connectivity index is 2.51. The Labute approximate surface area is 166 Å². The van der Waals surface area contributed by atoms with E-state index in [-0.39, 0.29) is 33.9 Å². The third kappa shape index (κ3) is 5.04. The molecule has 2 rings (SSSR count). The second-order valence-electron chi connectivity index (χ2n) is 6.46. The second-order valence-corrected chi connectivity index (χ2v) is 6.87. The molecular weight excluding hydrogens is 420 g/mol. The highest BCUT2D eigenvalue weighted by Gasteiger charge is 2.33. The van der Waals surface area contributed by atoms with Gasteiger partial charge in [0, 0.05) is 12.1 Å². The van der Waals surface area contributed by atoms with Gasteiger partial charge < -0.3 is 10.3 Å². The van der Waals surface area contributed by atoms with Gasteiger partial charge in [-0.3, -0.25) is 14.5 Å². The van der Waals surface area contributed by atoms with Gasteiger partial charge in [0.05, 0.1) is 22.9 Å². The predicted molar refractivity (Wildman–Crippen MR) is 97.9 cm³/mol. The van der Waals surface area contributed by atoms with E-state index in [9.17, 15) is 31.9 Å². The number of aromatic nitrogens is 2. The molecule has 0 atom stereocenters. The smallest absolute Gasteiger partial charge is 0.339 e. The third-order valence-electron chi connectivity index (χ3n) is 4.13. The SMILES string of the molecule is CC(C)N(C)CNC(=O)c1cc(-n2c(=O)cc(C(F)(F)F)[nH]c2=O)c(F)cc1Cl. The molecule has 0 fully saturated rings. The van der Waals surface area contributed by atoms with Crippen molar-refractivity contribution in [2.45, 2.75) is 26.1 Å². The highest BCUT2D eigenvalue weighted by atomic mass is 35.5. The van der Waals surface area contributed by atoms with Crippen LogP contribution in [0.15, 0.2) is 27.8 Å². The van der Waals surface area contributed by atoms with Crippen LogP contribution in [0.2, 0.25) is 5.02 Å². The number of hydrogen-bond acceptors (Lipinski definition) is 4. The van der Waals surface area contributed by atoms with E-state index < -0.39 is 40.5 Å². The number of amides is 1. The lowest BCUT2D eigenvalue weighted by Gasteiger charge is -2.21. The van der Waals surface area contributed by atoms with Crippen LogP contribution in [0.3, 0.4) is 0 Å². The van der Waals surface area contributed by atoms with Crippen LogP contribution in [-0.2, 0) is 6.18 Å². The number of halogens is 5. The van der Waals surface area contributed by atoms with Crippen LogP contribution in [0.25, 0.3) is 5.69 Å². The zero-order valence-corrected chi connectivity index (χ0v) is 16.3. The molecule has 0 radical (unpaired) electrons. The Kier molecular flexibility index (Phi) is 6.53. The molecule has 1 aromatic heterocycles. The lowest BCUT2D eigenvalue weighted by atomic mass is 10.1. The molecule has 2 N–H and O–H groups in total. The summed E-state index contributed by atoms with van der Waals surface area (Å²) in [6.45, 7) is 3.90. The Morgan fingerprint density at radius 3 is 2.41 bits per heavy atom. The van der Waals surface area contributed by atoms with Crippen LogP contribution in [0.1, 0.15) is 29.9 Å². The second kappa shape index (κ2) is 8.37. The van der Waals surface area contributed by atoms with E-state index in [1.54, 1.807) is 11.9 Å². The molecule has 0 saturated heterocycles. The van der Waals surface area contributed by atoms with Crippen molar-refractivity contribution >= 4 is 17.5 Å². The van der Waals surface area contributed by atoms with Crippen LogP contribution in [0.5, 0.6) is 0 Å². The first-order valence-electron chi connectivity index (χ1n) is 8.24. The number of nitrogens with zero attached hydrogens (tertiary/aromatic N) is 2. The van der Waals surface area contributed by atoms with E-state index >= 15 is 0 Å². The fraction of sp³-hybridized carbons (Fsp3) is 0.353. The fourth-order valence-electron chi connectivity index (χ4n) is 2.23. The maximum Gasteiger partial charge on any atom is 0.431 e. The molecule has 2 aromatic rings. The van der Waals surface area contributed by atoms with Crippen LogP contribution in [0.4, 0.5) is 17.6 Å². The highest BCUT2D eigenvalue weighted by molar-refractivity contribution is 6.33. The van der Waals surface area contributed by atoms with Crippen molar-refractivity contribution in [2.24, 2.45) is 0 Å². The number of rotatable bonds is 5. The monoisotopic (exact) mass is 436 g/mol. The summed E-state index contributed by atoms with van der Waals surface area (Å²) in [5.74, 6) is -1.89. The minimum atomic E-state index is -4.97. The van der Waals surface area contributed by atoms with E-state index in [2.05, 4.69) is 5.32 Å². The Morgan fingerprint density at radius 1 is 1.28 bits per heavy atom. The van der Waals surface area contributed by atoms with Crippen LogP contribution < -0.4 is 16.6 Å². The zero-order valence-electron chi connectivity index (χ0n) is 15.5. The van der Waals surface area contributed by atoms with Crippen LogP contribution >= 0.6 is 11.6 Å². The molecule has 1 heterocycles. The Bertz CT molecular complexity index is 1020. The van der Waals surface area contributed by atoms with E-state index in [1.807, 2.05) is 13.8 Å². The standard InChI is InChI=1S/C17H17ClF4N4O3/c1-8(2)25(3)7-23-15(28)9-4-12(11(19)5-10(9)18)26-14(27)6-13(17(20,21)22)24-16(26)29/h4-6,8H,7H2,1-3H3,(H,23,28)(H,24,29). The van der Waals surface area contributed by atoms with E-state index in [1.165, 1.54) is 4.98 Å². The summed E-state index contributed by atoms with van der Waals surface area (Å²) in [7, 11) is 1.74. The first-order chi connectivity index (χ1) is 13.3. The fourth-order valence-corrected chi connectivity index (χ4v) is 2.47. The van der Waals surface area contributed by atoms with Gasteiger partial charge in [-0.05, 0) is 33.0 Å². The molecule has 0 bridgehead atoms. The Hall–Kier alpha value is -2.66. The number of nitrogens with one attached hydrogen (secondary N) is 2. The van der Waals surface area contributed by atoms with Gasteiger partial charge in [0.1, 0.15) is 11.5 Å². The summed E-state index contributed by atoms with van der Waals surface area (Å²) in [6, 6.07) is 1.75. The van der Waals surface area contributed by atoms with Gasteiger partial charge in [0.15, 0.2) is 0 Å². The largest absolute Gasteiger partial charge is 0.431 e. The highest BCUT2D eigenvalue weighted by Crippen LogP contribution is 2.26. The number of carbonyl (C=O) groups is 1. The van der Waals surface area contributed by atoms with Crippen molar-refractivity contribution in [1.29, 1.82) is 0 Å². The van der Waals surface area contributed by atoms with Crippen molar-refractivity contribution in [2.75, 3.05) is 13.7 Å². The maximum atomic E-state index is 14.3. The predicted octanol–water partition coefficient (Wildman–Crippen LogP) is 2.36. The van der Waals surface area contributed by atoms with E-state index in [4.69, 9.17) is 11.6 Å². The molecule has 0 saturated carbocycles. The van der Waals surface area contributed by atoms with Crippen molar-refractivity contribution in [1.82, 2.24) is 19.8 Å². The summed E-state index contributed by atoms with van der Waals surface area (Å²) in [4.78, 5) is 39.7. The molecule has 158 valence electrons. The summed E-state index contributed by atoms with van der Waals surface area (Å²) >= 11 is 5.89. The van der Waals surface area contributed by atoms with Crippen molar-refractivity contribution in [3.8, 4) is 5.69 Å². The lowest BCUT2D eigenvalue weighted by molar-refractivity contribution is -0.141. The van der Waals surface area contributed by atoms with Gasteiger partial charge in [0.25, 0.3) is 11.5 Å². The topological polar surface area (TPSA) is 87.2 Å². The summed E-state index contributed by atoms with van der Waals surface area (Å²) in [5.41, 5.74) is -5.49. The lowest BCUT2D eigenvalue weighted by Crippen LogP contribution is -2.39. The van der Waals surface area contributed by atoms with Crippen LogP contribution in [0, 0.1) is 5.82 Å². The molecule has 29 heavy (non-hydrogen) atoms. The van der Waals surface area contributed by atoms with E-state index in [0.717, 1.165) is 6.07 Å². The Morgan fingerprint density at radius 2 is 1.90 bits per heavy atom. The number of carbonyl (C=O) groups excluding carboxylic acids is 1. The summed E-state index contributed by atoms with van der Waals surface area (Å²) < 4.78 is 52.7. The van der Waals surface area contributed by atoms with Gasteiger partial charge in [-0.1, -0.05) is 11.6 Å². The first kappa shape index (κ1) is 22.6. The molecule has 0 aliphatic rings. The minimum absolute atomic E-state index is 0.110. The van der Waals surface area contributed by atoms with Crippen LogP contribution in [-0.4, -0.2) is 40.1 Å². The number of H-pyrrole nitrogens is 1.